The Kier molecular flexibility index (Phi) is 7.31. The predicted molar refractivity (Wildman–Crippen MR) is 136 cm³/mol. The van der Waals surface area contributed by atoms with Crippen LogP contribution in [0.1, 0.15) is 38.9 Å². The number of tetrazole rings is 1. The number of β-lactam (4-membered cyclic amide) rings is 1. The Morgan fingerprint density at radius 2 is 2.08 bits per heavy atom. The minimum absolute atomic E-state index is 0.0118. The van der Waals surface area contributed by atoms with Gasteiger partial charge in [-0.2, -0.15) is 4.80 Å². The maximum absolute atomic E-state index is 13.2. The first-order chi connectivity index (χ1) is 18.0. The van der Waals surface area contributed by atoms with Crippen molar-refractivity contribution in [2.24, 2.45) is 30.5 Å². The molecular weight excluding hydrogens is 512 g/mol. The molecule has 4 aliphatic rings. The lowest BCUT2D eigenvalue weighted by atomic mass is 9.73. The molecule has 0 spiro atoms. The Hall–Kier alpha value is -2.84. The van der Waals surface area contributed by atoms with E-state index in [4.69, 9.17) is 5.73 Å². The number of carbonyl (C=O) groups excluding carboxylic acids is 3. The number of nitrogens with two attached hydrogens (primary N) is 1. The zero-order valence-corrected chi connectivity index (χ0v) is 22.6. The van der Waals surface area contributed by atoms with Crippen molar-refractivity contribution in [1.82, 2.24) is 35.3 Å². The molecule has 5 heterocycles. The van der Waals surface area contributed by atoms with Gasteiger partial charge in [-0.25, -0.2) is 4.79 Å². The van der Waals surface area contributed by atoms with Crippen LogP contribution in [-0.4, -0.2) is 102 Å². The SMILES string of the molecule is C[C@@H](CC(=O)Cc1nnn(C)n1)[C@H]1C(=O)N2C(C(=O)O)=C(S[C@@H]3CN[C@H](C(=O)N4CC[C@@H](N)C4)C3)[C@H](C)[C@H]12. The van der Waals surface area contributed by atoms with Gasteiger partial charge in [0.2, 0.25) is 11.8 Å². The summed E-state index contributed by atoms with van der Waals surface area (Å²) in [6.07, 6.45) is 1.60. The number of likely N-dealkylation sites (tertiary alicyclic amines) is 1. The number of ketones is 1. The normalized spacial score (nSPS) is 31.5. The zero-order chi connectivity index (χ0) is 27.3. The molecule has 1 aromatic heterocycles. The molecule has 14 heteroatoms. The number of aromatic nitrogens is 4. The molecule has 0 aromatic carbocycles. The molecule has 0 bridgehead atoms. The molecule has 0 saturated carbocycles. The van der Waals surface area contributed by atoms with Crippen molar-refractivity contribution < 1.29 is 24.3 Å². The number of nitrogens with one attached hydrogen (secondary N) is 1. The van der Waals surface area contributed by atoms with Crippen molar-refractivity contribution >= 4 is 35.3 Å². The molecule has 13 nitrogen and oxygen atoms in total. The minimum atomic E-state index is -1.13. The third-order valence-corrected chi connectivity index (χ3v) is 9.59. The van der Waals surface area contributed by atoms with Crippen LogP contribution in [0.5, 0.6) is 0 Å². The first kappa shape index (κ1) is 26.8. The van der Waals surface area contributed by atoms with Gasteiger partial charge in [-0.15, -0.1) is 22.0 Å². The van der Waals surface area contributed by atoms with Gasteiger partial charge < -0.3 is 26.0 Å². The van der Waals surface area contributed by atoms with E-state index in [-0.39, 0.29) is 71.3 Å². The molecule has 0 unspecified atom stereocenters. The van der Waals surface area contributed by atoms with E-state index in [1.165, 1.54) is 21.5 Å². The van der Waals surface area contributed by atoms with E-state index in [0.717, 1.165) is 6.42 Å². The van der Waals surface area contributed by atoms with Crippen LogP contribution >= 0.6 is 11.8 Å². The average Bonchev–Trinajstić information content (AvgIpc) is 3.62. The van der Waals surface area contributed by atoms with Gasteiger partial charge >= 0.3 is 5.97 Å². The summed E-state index contributed by atoms with van der Waals surface area (Å²) in [5.74, 6) is -1.96. The Morgan fingerprint density at radius 1 is 1.32 bits per heavy atom. The van der Waals surface area contributed by atoms with E-state index >= 15 is 0 Å². The number of aliphatic carboxylic acids is 1. The number of thioether (sulfide) groups is 1. The Labute approximate surface area is 224 Å². The first-order valence-corrected chi connectivity index (χ1v) is 13.9. The molecule has 0 radical (unpaired) electrons. The number of fused-ring (bicyclic) bond motifs is 1. The second-order valence-corrected chi connectivity index (χ2v) is 12.2. The third kappa shape index (κ3) is 4.84. The minimum Gasteiger partial charge on any atom is -0.477 e. The fourth-order valence-corrected chi connectivity index (χ4v) is 7.74. The highest BCUT2D eigenvalue weighted by molar-refractivity contribution is 8.03. The van der Waals surface area contributed by atoms with Crippen LogP contribution in [0.15, 0.2) is 10.6 Å². The largest absolute Gasteiger partial charge is 0.477 e. The van der Waals surface area contributed by atoms with E-state index in [0.29, 0.717) is 36.8 Å². The van der Waals surface area contributed by atoms with Gasteiger partial charge in [0, 0.05) is 48.2 Å². The van der Waals surface area contributed by atoms with Gasteiger partial charge in [-0.05, 0) is 24.0 Å². The monoisotopic (exact) mass is 546 g/mol. The summed E-state index contributed by atoms with van der Waals surface area (Å²) < 4.78 is 0. The number of Topliss-reactive ketones (excluding diaryl/α,β-unsaturated/α-hetero) is 1. The summed E-state index contributed by atoms with van der Waals surface area (Å²) in [7, 11) is 1.62. The molecule has 206 valence electrons. The number of carboxylic acids is 1. The number of aryl methyl sites for hydroxylation is 1. The highest BCUT2D eigenvalue weighted by Crippen LogP contribution is 2.53. The Bertz CT molecular complexity index is 1190. The van der Waals surface area contributed by atoms with E-state index in [9.17, 15) is 24.3 Å². The summed E-state index contributed by atoms with van der Waals surface area (Å²) in [6.45, 7) is 5.62. The van der Waals surface area contributed by atoms with Gasteiger partial charge in [0.15, 0.2) is 5.82 Å². The highest BCUT2D eigenvalue weighted by atomic mass is 32.2. The van der Waals surface area contributed by atoms with Crippen LogP contribution < -0.4 is 11.1 Å². The zero-order valence-electron chi connectivity index (χ0n) is 21.7. The molecule has 38 heavy (non-hydrogen) atoms. The number of hydrogen-bond donors (Lipinski definition) is 3. The van der Waals surface area contributed by atoms with Crippen molar-refractivity contribution in [1.29, 1.82) is 0 Å². The molecule has 2 amide bonds. The van der Waals surface area contributed by atoms with Gasteiger partial charge in [0.25, 0.3) is 0 Å². The molecule has 3 fully saturated rings. The van der Waals surface area contributed by atoms with Gasteiger partial charge in [-0.3, -0.25) is 14.4 Å². The fourth-order valence-electron chi connectivity index (χ4n) is 6.26. The van der Waals surface area contributed by atoms with Crippen molar-refractivity contribution in [3.63, 3.8) is 0 Å². The van der Waals surface area contributed by atoms with Crippen LogP contribution in [-0.2, 0) is 32.6 Å². The lowest BCUT2D eigenvalue weighted by Crippen LogP contribution is -2.62. The first-order valence-electron chi connectivity index (χ1n) is 13.0. The topological polar surface area (TPSA) is 177 Å². The quantitative estimate of drug-likeness (QED) is 0.329. The van der Waals surface area contributed by atoms with Crippen molar-refractivity contribution in [2.45, 2.75) is 62.9 Å². The van der Waals surface area contributed by atoms with Gasteiger partial charge in [-0.1, -0.05) is 13.8 Å². The summed E-state index contributed by atoms with van der Waals surface area (Å²) in [5.41, 5.74) is 5.99. The van der Waals surface area contributed by atoms with Crippen molar-refractivity contribution in [2.75, 3.05) is 19.6 Å². The molecule has 5 rings (SSSR count). The maximum atomic E-state index is 13.2. The molecule has 4 N–H and O–H groups in total. The molecule has 0 aliphatic carbocycles. The lowest BCUT2D eigenvalue weighted by Gasteiger charge is -2.47. The van der Waals surface area contributed by atoms with Crippen LogP contribution in [0.25, 0.3) is 0 Å². The number of rotatable bonds is 9. The average molecular weight is 547 g/mol. The van der Waals surface area contributed by atoms with Crippen molar-refractivity contribution in [3.8, 4) is 0 Å². The maximum Gasteiger partial charge on any atom is 0.353 e. The lowest BCUT2D eigenvalue weighted by molar-refractivity contribution is -0.160. The van der Waals surface area contributed by atoms with E-state index in [1.807, 2.05) is 13.8 Å². The summed E-state index contributed by atoms with van der Waals surface area (Å²) in [6, 6.07) is -0.597. The Balaban J connectivity index is 1.23. The second-order valence-electron chi connectivity index (χ2n) is 10.9. The summed E-state index contributed by atoms with van der Waals surface area (Å²) in [5, 5.41) is 25.0. The standard InChI is InChI=1S/C24H34N8O5S/c1-11(6-14(33)7-17-27-29-30(3)28-17)18-19-12(2)21(20(24(36)37)32(19)23(18)35)38-15-8-16(26-9-15)22(34)31-5-4-13(25)10-31/h11-13,15-16,18-19,26H,4-10,25H2,1-3H3,(H,36,37)/t11-,12+,13+,15-,16-,18+,19+/m0/s1. The molecule has 7 atom stereocenters. The number of amides is 2. The Morgan fingerprint density at radius 3 is 2.71 bits per heavy atom. The van der Waals surface area contributed by atoms with E-state index in [1.54, 1.807) is 11.9 Å². The van der Waals surface area contributed by atoms with Crippen molar-refractivity contribution in [3.05, 3.63) is 16.4 Å². The third-order valence-electron chi connectivity index (χ3n) is 8.08. The van der Waals surface area contributed by atoms with Crippen LogP contribution in [0, 0.1) is 17.8 Å². The number of carboxylic acid groups (broad SMARTS) is 1. The second kappa shape index (κ2) is 10.4. The van der Waals surface area contributed by atoms with E-state index in [2.05, 4.69) is 20.7 Å². The predicted octanol–water partition coefficient (Wildman–Crippen LogP) is -0.856. The molecular formula is C24H34N8O5S. The van der Waals surface area contributed by atoms with Gasteiger partial charge in [0.1, 0.15) is 11.5 Å². The number of nitrogens with zero attached hydrogens (tertiary/aromatic N) is 6. The smallest absolute Gasteiger partial charge is 0.353 e. The fraction of sp³-hybridized carbons (Fsp3) is 0.708. The number of hydrogen-bond acceptors (Lipinski definition) is 10. The van der Waals surface area contributed by atoms with Gasteiger partial charge in [0.05, 0.1) is 31.5 Å². The summed E-state index contributed by atoms with van der Waals surface area (Å²) in [4.78, 5) is 56.1. The molecule has 3 saturated heterocycles. The van der Waals surface area contributed by atoms with Crippen LogP contribution in [0.4, 0.5) is 0 Å². The molecule has 4 aliphatic heterocycles. The van der Waals surface area contributed by atoms with Crippen LogP contribution in [0.2, 0.25) is 0 Å². The van der Waals surface area contributed by atoms with Crippen LogP contribution in [0.3, 0.4) is 0 Å². The van der Waals surface area contributed by atoms with E-state index < -0.39 is 11.9 Å². The number of carbonyl (C=O) groups is 4. The summed E-state index contributed by atoms with van der Waals surface area (Å²) >= 11 is 1.46. The molecule has 1 aromatic rings. The highest BCUT2D eigenvalue weighted by Gasteiger charge is 2.60.